The Balaban J connectivity index is 1.80. The number of aliphatic hydroxyl groups is 1. The molecular formula is C21H17N7O3S. The first-order valence-electron chi connectivity index (χ1n) is 9.53. The van der Waals surface area contributed by atoms with Gasteiger partial charge in [0.2, 0.25) is 0 Å². The second-order valence-electron chi connectivity index (χ2n) is 6.79. The van der Waals surface area contributed by atoms with Gasteiger partial charge in [-0.3, -0.25) is 10.1 Å². The molecule has 0 radical (unpaired) electrons. The summed E-state index contributed by atoms with van der Waals surface area (Å²) in [6.07, 6.45) is 3.75. The van der Waals surface area contributed by atoms with E-state index in [-0.39, 0.29) is 30.0 Å². The number of nitrogens with zero attached hydrogens (tertiary/aromatic N) is 6. The zero-order chi connectivity index (χ0) is 22.7. The van der Waals surface area contributed by atoms with E-state index in [0.29, 0.717) is 28.5 Å². The summed E-state index contributed by atoms with van der Waals surface area (Å²) in [5.74, 6) is 0.369. The number of benzene rings is 1. The Morgan fingerprint density at radius 2 is 2.19 bits per heavy atom. The van der Waals surface area contributed by atoms with Crippen LogP contribution in [0.2, 0.25) is 0 Å². The van der Waals surface area contributed by atoms with Crippen LogP contribution in [0.15, 0.2) is 48.1 Å². The van der Waals surface area contributed by atoms with Crippen molar-refractivity contribution in [3.63, 3.8) is 0 Å². The SMILES string of the molecule is Cc1cc(-n2ccc(-c3nccs3)n2)c(CCO)c(Nc2ccc(C#N)cc2[N+](=O)[O-])n1. The number of aryl methyl sites for hydroxylation is 1. The van der Waals surface area contributed by atoms with E-state index in [1.165, 1.54) is 29.5 Å². The van der Waals surface area contributed by atoms with Gasteiger partial charge in [0.25, 0.3) is 5.69 Å². The van der Waals surface area contributed by atoms with Crippen LogP contribution in [0.4, 0.5) is 17.2 Å². The van der Waals surface area contributed by atoms with E-state index >= 15 is 0 Å². The van der Waals surface area contributed by atoms with E-state index in [2.05, 4.69) is 20.4 Å². The average molecular weight is 447 g/mol. The van der Waals surface area contributed by atoms with E-state index < -0.39 is 4.92 Å². The van der Waals surface area contributed by atoms with Gasteiger partial charge in [-0.05, 0) is 31.2 Å². The molecule has 1 aromatic carbocycles. The minimum atomic E-state index is -0.556. The Morgan fingerprint density at radius 3 is 2.88 bits per heavy atom. The first-order valence-corrected chi connectivity index (χ1v) is 10.4. The molecule has 4 rings (SSSR count). The average Bonchev–Trinajstić information content (AvgIpc) is 3.47. The first kappa shape index (κ1) is 21.1. The fourth-order valence-corrected chi connectivity index (χ4v) is 3.86. The Hall–Kier alpha value is -4.14. The summed E-state index contributed by atoms with van der Waals surface area (Å²) >= 11 is 1.48. The monoisotopic (exact) mass is 447 g/mol. The van der Waals surface area contributed by atoms with Crippen molar-refractivity contribution in [2.45, 2.75) is 13.3 Å². The summed E-state index contributed by atoms with van der Waals surface area (Å²) in [5.41, 5.74) is 2.84. The van der Waals surface area contributed by atoms with Gasteiger partial charge in [-0.2, -0.15) is 10.4 Å². The molecule has 0 spiro atoms. The zero-order valence-corrected chi connectivity index (χ0v) is 17.7. The van der Waals surface area contributed by atoms with Gasteiger partial charge in [0.05, 0.1) is 22.2 Å². The minimum Gasteiger partial charge on any atom is -0.396 e. The second kappa shape index (κ2) is 8.93. The van der Waals surface area contributed by atoms with Crippen molar-refractivity contribution >= 4 is 28.5 Å². The lowest BCUT2D eigenvalue weighted by Crippen LogP contribution is -2.10. The van der Waals surface area contributed by atoms with Gasteiger partial charge >= 0.3 is 0 Å². The number of aromatic nitrogens is 4. The minimum absolute atomic E-state index is 0.150. The molecule has 0 aliphatic rings. The van der Waals surface area contributed by atoms with Crippen LogP contribution in [0.5, 0.6) is 0 Å². The van der Waals surface area contributed by atoms with Crippen molar-refractivity contribution in [1.29, 1.82) is 5.26 Å². The molecule has 10 nitrogen and oxygen atoms in total. The molecule has 160 valence electrons. The topological polar surface area (TPSA) is 143 Å². The van der Waals surface area contributed by atoms with Crippen LogP contribution in [0.1, 0.15) is 16.8 Å². The van der Waals surface area contributed by atoms with E-state index in [0.717, 1.165) is 5.01 Å². The van der Waals surface area contributed by atoms with Crippen molar-refractivity contribution in [3.05, 3.63) is 75.0 Å². The van der Waals surface area contributed by atoms with Crippen LogP contribution in [0, 0.1) is 28.4 Å². The summed E-state index contributed by atoms with van der Waals surface area (Å²) in [7, 11) is 0. The van der Waals surface area contributed by atoms with Crippen molar-refractivity contribution in [2.75, 3.05) is 11.9 Å². The summed E-state index contributed by atoms with van der Waals surface area (Å²) in [6, 6.07) is 9.75. The Morgan fingerprint density at radius 1 is 1.34 bits per heavy atom. The van der Waals surface area contributed by atoms with Gasteiger partial charge in [0, 0.05) is 48.1 Å². The number of nitro benzene ring substituents is 1. The molecule has 0 saturated heterocycles. The number of nitriles is 1. The van der Waals surface area contributed by atoms with Crippen molar-refractivity contribution < 1.29 is 10.0 Å². The number of rotatable bonds is 7. The molecule has 2 N–H and O–H groups in total. The molecule has 3 aromatic heterocycles. The lowest BCUT2D eigenvalue weighted by molar-refractivity contribution is -0.383. The lowest BCUT2D eigenvalue weighted by Gasteiger charge is -2.16. The number of thiazole rings is 1. The normalized spacial score (nSPS) is 10.7. The van der Waals surface area contributed by atoms with Gasteiger partial charge < -0.3 is 10.4 Å². The van der Waals surface area contributed by atoms with Gasteiger partial charge in [0.15, 0.2) is 0 Å². The molecule has 3 heterocycles. The maximum atomic E-state index is 11.5. The van der Waals surface area contributed by atoms with Crippen LogP contribution >= 0.6 is 11.3 Å². The molecule has 0 unspecified atom stereocenters. The highest BCUT2D eigenvalue weighted by molar-refractivity contribution is 7.13. The molecular weight excluding hydrogens is 430 g/mol. The van der Waals surface area contributed by atoms with Crippen LogP contribution in [0.3, 0.4) is 0 Å². The Bertz CT molecular complexity index is 1330. The number of nitrogens with one attached hydrogen (secondary N) is 1. The summed E-state index contributed by atoms with van der Waals surface area (Å²) in [6.45, 7) is 1.65. The third kappa shape index (κ3) is 4.18. The van der Waals surface area contributed by atoms with Crippen molar-refractivity contribution in [3.8, 4) is 22.5 Å². The van der Waals surface area contributed by atoms with Crippen LogP contribution < -0.4 is 5.32 Å². The summed E-state index contributed by atoms with van der Waals surface area (Å²) in [4.78, 5) is 19.8. The number of hydrogen-bond donors (Lipinski definition) is 2. The van der Waals surface area contributed by atoms with Crippen LogP contribution in [-0.4, -0.2) is 36.4 Å². The van der Waals surface area contributed by atoms with Gasteiger partial charge in [-0.1, -0.05) is 0 Å². The maximum absolute atomic E-state index is 11.5. The highest BCUT2D eigenvalue weighted by atomic mass is 32.1. The molecule has 0 amide bonds. The highest BCUT2D eigenvalue weighted by Gasteiger charge is 2.20. The number of aliphatic hydroxyl groups excluding tert-OH is 1. The predicted octanol–water partition coefficient (Wildman–Crippen LogP) is 3.76. The van der Waals surface area contributed by atoms with Crippen molar-refractivity contribution in [2.24, 2.45) is 0 Å². The molecule has 0 aliphatic carbocycles. The van der Waals surface area contributed by atoms with E-state index in [1.54, 1.807) is 24.0 Å². The van der Waals surface area contributed by atoms with Gasteiger partial charge in [-0.15, -0.1) is 11.3 Å². The van der Waals surface area contributed by atoms with Crippen molar-refractivity contribution in [1.82, 2.24) is 19.7 Å². The molecule has 0 bridgehead atoms. The maximum Gasteiger partial charge on any atom is 0.294 e. The van der Waals surface area contributed by atoms with E-state index in [1.807, 2.05) is 23.6 Å². The van der Waals surface area contributed by atoms with Gasteiger partial charge in [0.1, 0.15) is 22.2 Å². The molecule has 0 aliphatic heterocycles. The predicted molar refractivity (Wildman–Crippen MR) is 119 cm³/mol. The highest BCUT2D eigenvalue weighted by Crippen LogP contribution is 2.32. The van der Waals surface area contributed by atoms with E-state index in [4.69, 9.17) is 5.26 Å². The van der Waals surface area contributed by atoms with Gasteiger partial charge in [-0.25, -0.2) is 14.6 Å². The fraction of sp³-hybridized carbons (Fsp3) is 0.143. The third-order valence-corrected chi connectivity index (χ3v) is 5.45. The first-order chi connectivity index (χ1) is 15.5. The number of nitro groups is 1. The number of anilines is 2. The largest absolute Gasteiger partial charge is 0.396 e. The Kier molecular flexibility index (Phi) is 5.89. The summed E-state index contributed by atoms with van der Waals surface area (Å²) < 4.78 is 1.68. The van der Waals surface area contributed by atoms with Crippen LogP contribution in [-0.2, 0) is 6.42 Å². The second-order valence-corrected chi connectivity index (χ2v) is 7.69. The fourth-order valence-electron chi connectivity index (χ4n) is 3.26. The van der Waals surface area contributed by atoms with E-state index in [9.17, 15) is 15.2 Å². The number of hydrogen-bond acceptors (Lipinski definition) is 9. The smallest absolute Gasteiger partial charge is 0.294 e. The molecule has 11 heteroatoms. The number of pyridine rings is 1. The molecule has 0 fully saturated rings. The zero-order valence-electron chi connectivity index (χ0n) is 16.9. The standard InChI is InChI=1S/C21H17N7O3S/c1-13-10-18(27-7-4-17(26-27)21-23-6-9-32-21)15(5-8-29)20(24-13)25-16-3-2-14(12-22)11-19(16)28(30)31/h2-4,6-7,9-11,29H,5,8H2,1H3,(H,24,25). The molecule has 4 aromatic rings. The summed E-state index contributed by atoms with van der Waals surface area (Å²) in [5, 5.41) is 40.6. The molecule has 0 atom stereocenters. The molecule has 0 saturated carbocycles. The molecule has 32 heavy (non-hydrogen) atoms. The quantitative estimate of drug-likeness (QED) is 0.322. The Labute approximate surface area is 186 Å². The van der Waals surface area contributed by atoms with Crippen LogP contribution in [0.25, 0.3) is 16.4 Å². The third-order valence-electron chi connectivity index (χ3n) is 4.65. The lowest BCUT2D eigenvalue weighted by atomic mass is 10.1.